The van der Waals surface area contributed by atoms with E-state index in [1.807, 2.05) is 0 Å². The third-order valence-electron chi connectivity index (χ3n) is 17.3. The van der Waals surface area contributed by atoms with E-state index in [0.717, 1.165) is 108 Å². The molecule has 0 amide bonds. The molecule has 0 aromatic heterocycles. The Kier molecular flexibility index (Phi) is 63.7. The molecular weight excluding hydrogens is 1210 g/mol. The summed E-state index contributed by atoms with van der Waals surface area (Å²) in [6.07, 6.45) is 51.8. The minimum atomic E-state index is -4.95. The van der Waals surface area contributed by atoms with Crippen LogP contribution in [0.2, 0.25) is 0 Å². The van der Waals surface area contributed by atoms with E-state index in [4.69, 9.17) is 37.0 Å². The number of hydrogen-bond donors (Lipinski definition) is 3. The van der Waals surface area contributed by atoms with Gasteiger partial charge in [-0.3, -0.25) is 37.3 Å². The van der Waals surface area contributed by atoms with Crippen molar-refractivity contribution in [2.75, 3.05) is 39.6 Å². The summed E-state index contributed by atoms with van der Waals surface area (Å²) in [5.41, 5.74) is 0. The lowest BCUT2D eigenvalue weighted by molar-refractivity contribution is -0.161. The molecule has 6 atom stereocenters. The highest BCUT2D eigenvalue weighted by Gasteiger charge is 2.30. The van der Waals surface area contributed by atoms with E-state index >= 15 is 0 Å². The molecule has 0 aromatic rings. The SMILES string of the molecule is CCCCCCCCCCCCCCCCCCCCCC(=O)O[C@H](COC(=O)CCCCCCCCCCCCCCCC(C)C)COP(=O)(O)OC[C@@H](O)COP(=O)(O)OC[C@@H](COC(=O)CCCCCCC)OC(=O)CCCCCCCCCCC(C)CC. The molecule has 0 aromatic carbocycles. The van der Waals surface area contributed by atoms with E-state index in [1.54, 1.807) is 0 Å². The summed E-state index contributed by atoms with van der Waals surface area (Å²) in [7, 11) is -9.90. The van der Waals surface area contributed by atoms with E-state index in [2.05, 4.69) is 41.5 Å². The maximum atomic E-state index is 13.1. The van der Waals surface area contributed by atoms with Crippen LogP contribution >= 0.6 is 15.6 Å². The predicted octanol–water partition coefficient (Wildman–Crippen LogP) is 21.2. The van der Waals surface area contributed by atoms with Crippen LogP contribution in [0.15, 0.2) is 0 Å². The number of rotatable bonds is 72. The average molecular weight is 1350 g/mol. The van der Waals surface area contributed by atoms with Crippen LogP contribution in [-0.4, -0.2) is 96.7 Å². The lowest BCUT2D eigenvalue weighted by atomic mass is 9.99. The normalized spacial score (nSPS) is 14.4. The van der Waals surface area contributed by atoms with Gasteiger partial charge >= 0.3 is 39.5 Å². The number of carbonyl (C=O) groups excluding carboxylic acids is 4. The Bertz CT molecular complexity index is 1790. The smallest absolute Gasteiger partial charge is 0.462 e. The molecule has 3 N–H and O–H groups in total. The molecule has 3 unspecified atom stereocenters. The molecule has 0 radical (unpaired) electrons. The number of aliphatic hydroxyl groups excluding tert-OH is 1. The number of carbonyl (C=O) groups is 4. The zero-order valence-corrected chi connectivity index (χ0v) is 61.6. The first kappa shape index (κ1) is 90.1. The number of hydrogen-bond acceptors (Lipinski definition) is 15. The second-order valence-corrected chi connectivity index (χ2v) is 30.0. The van der Waals surface area contributed by atoms with Crippen molar-refractivity contribution in [1.29, 1.82) is 0 Å². The summed E-state index contributed by atoms with van der Waals surface area (Å²) >= 11 is 0. The van der Waals surface area contributed by atoms with Crippen molar-refractivity contribution >= 4 is 39.5 Å². The van der Waals surface area contributed by atoms with Crippen LogP contribution < -0.4 is 0 Å². The molecule has 92 heavy (non-hydrogen) atoms. The molecule has 0 aliphatic carbocycles. The summed E-state index contributed by atoms with van der Waals surface area (Å²) in [6, 6.07) is 0. The van der Waals surface area contributed by atoms with Gasteiger partial charge in [-0.15, -0.1) is 0 Å². The maximum Gasteiger partial charge on any atom is 0.472 e. The van der Waals surface area contributed by atoms with E-state index in [0.29, 0.717) is 25.7 Å². The number of esters is 4. The van der Waals surface area contributed by atoms with Gasteiger partial charge in [0.25, 0.3) is 0 Å². The van der Waals surface area contributed by atoms with Crippen LogP contribution in [0.1, 0.15) is 375 Å². The third-order valence-corrected chi connectivity index (χ3v) is 19.2. The Morgan fingerprint density at radius 2 is 0.554 bits per heavy atom. The van der Waals surface area contributed by atoms with Crippen molar-refractivity contribution < 1.29 is 80.2 Å². The largest absolute Gasteiger partial charge is 0.472 e. The summed E-state index contributed by atoms with van der Waals surface area (Å²) in [4.78, 5) is 72.4. The number of aliphatic hydroxyl groups is 1. The molecule has 17 nitrogen and oxygen atoms in total. The Morgan fingerprint density at radius 1 is 0.315 bits per heavy atom. The summed E-state index contributed by atoms with van der Waals surface area (Å²) in [5.74, 6) is -0.571. The highest BCUT2D eigenvalue weighted by molar-refractivity contribution is 7.47. The molecule has 546 valence electrons. The van der Waals surface area contributed by atoms with Crippen molar-refractivity contribution in [2.24, 2.45) is 11.8 Å². The number of phosphoric acid groups is 2. The van der Waals surface area contributed by atoms with Gasteiger partial charge in [-0.05, 0) is 37.5 Å². The van der Waals surface area contributed by atoms with Crippen molar-refractivity contribution in [1.82, 2.24) is 0 Å². The first-order chi connectivity index (χ1) is 44.4. The summed E-state index contributed by atoms with van der Waals surface area (Å²) in [5, 5.41) is 10.6. The van der Waals surface area contributed by atoms with Crippen molar-refractivity contribution in [3.63, 3.8) is 0 Å². The molecule has 0 aliphatic heterocycles. The molecule has 0 fully saturated rings. The molecule has 0 aliphatic rings. The van der Waals surface area contributed by atoms with Crippen LogP contribution in [0.25, 0.3) is 0 Å². The minimum Gasteiger partial charge on any atom is -0.462 e. The fourth-order valence-corrected chi connectivity index (χ4v) is 12.7. The van der Waals surface area contributed by atoms with Gasteiger partial charge < -0.3 is 33.8 Å². The summed E-state index contributed by atoms with van der Waals surface area (Å²) < 4.78 is 68.2. The molecule has 0 saturated heterocycles. The van der Waals surface area contributed by atoms with Gasteiger partial charge in [-0.2, -0.15) is 0 Å². The number of phosphoric ester groups is 2. The molecule has 0 rings (SSSR count). The van der Waals surface area contributed by atoms with E-state index < -0.39 is 97.5 Å². The topological polar surface area (TPSA) is 237 Å². The van der Waals surface area contributed by atoms with Crippen LogP contribution in [0.4, 0.5) is 0 Å². The quantitative estimate of drug-likeness (QED) is 0.0222. The van der Waals surface area contributed by atoms with E-state index in [1.165, 1.54) is 186 Å². The van der Waals surface area contributed by atoms with E-state index in [-0.39, 0.29) is 25.7 Å². The average Bonchev–Trinajstić information content (AvgIpc) is 1.77. The third kappa shape index (κ3) is 65.4. The lowest BCUT2D eigenvalue weighted by Gasteiger charge is -2.21. The van der Waals surface area contributed by atoms with Gasteiger partial charge in [0.1, 0.15) is 19.3 Å². The first-order valence-electron chi connectivity index (χ1n) is 38.0. The van der Waals surface area contributed by atoms with Crippen molar-refractivity contribution in [2.45, 2.75) is 394 Å². The Hall–Kier alpha value is -1.94. The maximum absolute atomic E-state index is 13.1. The zero-order chi connectivity index (χ0) is 67.9. The Labute approximate surface area is 562 Å². The minimum absolute atomic E-state index is 0.104. The van der Waals surface area contributed by atoms with Crippen LogP contribution in [0, 0.1) is 11.8 Å². The van der Waals surface area contributed by atoms with Gasteiger partial charge in [0.15, 0.2) is 12.2 Å². The van der Waals surface area contributed by atoms with Crippen molar-refractivity contribution in [3.05, 3.63) is 0 Å². The predicted molar refractivity (Wildman–Crippen MR) is 372 cm³/mol. The molecule has 0 spiro atoms. The van der Waals surface area contributed by atoms with Gasteiger partial charge in [0.05, 0.1) is 26.4 Å². The monoisotopic (exact) mass is 1350 g/mol. The molecule has 0 saturated carbocycles. The Morgan fingerprint density at radius 3 is 0.826 bits per heavy atom. The fourth-order valence-electron chi connectivity index (χ4n) is 11.1. The number of unbranched alkanes of at least 4 members (excludes halogenated alkanes) is 41. The lowest BCUT2D eigenvalue weighted by Crippen LogP contribution is -2.30. The molecule has 19 heteroatoms. The second kappa shape index (κ2) is 65.0. The van der Waals surface area contributed by atoms with Gasteiger partial charge in [0, 0.05) is 25.7 Å². The molecular formula is C73H142O17P2. The van der Waals surface area contributed by atoms with Crippen LogP contribution in [-0.2, 0) is 65.4 Å². The standard InChI is InChI=1S/C73H142O17P2/c1-7-10-12-14-15-16-17-18-19-20-21-22-23-26-30-33-39-45-51-57-72(77)90-69(62-84-71(76)56-50-44-38-32-29-27-24-25-28-31-36-42-47-53-65(4)5)64-88-92(81,82)86-60-67(74)59-85-91(79,80)87-63-68(61-83-70(75)55-49-41-13-11-8-2)89-73(78)58-52-46-40-35-34-37-43-48-54-66(6)9-3/h65-69,74H,7-64H2,1-6H3,(H,79,80)(H,81,82)/t66?,67-,68+,69+/m0/s1. The van der Waals surface area contributed by atoms with Crippen LogP contribution in [0.5, 0.6) is 0 Å². The molecule has 0 heterocycles. The number of ether oxygens (including phenoxy) is 4. The fraction of sp³-hybridized carbons (Fsp3) is 0.945. The first-order valence-corrected chi connectivity index (χ1v) is 41.0. The van der Waals surface area contributed by atoms with Crippen LogP contribution in [0.3, 0.4) is 0 Å². The molecule has 0 bridgehead atoms. The summed E-state index contributed by atoms with van der Waals surface area (Å²) in [6.45, 7) is 9.50. The zero-order valence-electron chi connectivity index (χ0n) is 59.9. The second-order valence-electron chi connectivity index (χ2n) is 27.1. The van der Waals surface area contributed by atoms with Gasteiger partial charge in [-0.1, -0.05) is 324 Å². The highest BCUT2D eigenvalue weighted by Crippen LogP contribution is 2.45. The van der Waals surface area contributed by atoms with Gasteiger partial charge in [0.2, 0.25) is 0 Å². The van der Waals surface area contributed by atoms with Gasteiger partial charge in [-0.25, -0.2) is 9.13 Å². The Balaban J connectivity index is 5.15. The van der Waals surface area contributed by atoms with E-state index in [9.17, 15) is 43.2 Å². The van der Waals surface area contributed by atoms with Crippen molar-refractivity contribution in [3.8, 4) is 0 Å². The highest BCUT2D eigenvalue weighted by atomic mass is 31.2.